The molecule has 1 saturated heterocycles. The molecule has 0 spiro atoms. The Kier molecular flexibility index (Phi) is 11.6. The van der Waals surface area contributed by atoms with Gasteiger partial charge in [0.1, 0.15) is 0 Å². The van der Waals surface area contributed by atoms with E-state index in [1.54, 1.807) is 0 Å². The molecule has 0 aromatic heterocycles. The molecule has 1 atom stereocenters. The van der Waals surface area contributed by atoms with Gasteiger partial charge in [0.2, 0.25) is 5.91 Å². The van der Waals surface area contributed by atoms with Crippen LogP contribution in [0.2, 0.25) is 0 Å². The molecule has 3 rings (SSSR count). The molecule has 1 amide bonds. The maximum Gasteiger partial charge on any atom is 0.222 e. The van der Waals surface area contributed by atoms with Crippen molar-refractivity contribution >= 4 is 35.8 Å². The van der Waals surface area contributed by atoms with E-state index < -0.39 is 0 Å². The summed E-state index contributed by atoms with van der Waals surface area (Å²) in [4.78, 5) is 21.8. The Hall–Kier alpha value is -1.39. The van der Waals surface area contributed by atoms with Crippen molar-refractivity contribution < 1.29 is 9.53 Å². The molecule has 1 aromatic rings. The number of benzene rings is 1. The van der Waals surface area contributed by atoms with Crippen molar-refractivity contribution in [3.63, 3.8) is 0 Å². The van der Waals surface area contributed by atoms with Crippen LogP contribution in [0.3, 0.4) is 0 Å². The number of rotatable bonds is 8. The van der Waals surface area contributed by atoms with Gasteiger partial charge in [0.05, 0.1) is 19.8 Å². The highest BCUT2D eigenvalue weighted by molar-refractivity contribution is 14.0. The van der Waals surface area contributed by atoms with Gasteiger partial charge in [-0.05, 0) is 37.8 Å². The number of fused-ring (bicyclic) bond motifs is 1. The standard InChI is InChI=1S/C23H37N5O2.HI/c1-3-24-23(26-17-19(2)27-13-15-30-16-14-27)25-11-6-9-22(29)28-12-10-20-7-4-5-8-21(20)18-28;/h4-5,7-8,19H,3,6,9-18H2,1-2H3,(H2,24,25,26);1H. The van der Waals surface area contributed by atoms with Crippen molar-refractivity contribution in [2.24, 2.45) is 4.99 Å². The molecule has 2 N–H and O–H groups in total. The van der Waals surface area contributed by atoms with Crippen molar-refractivity contribution in [3.05, 3.63) is 35.4 Å². The lowest BCUT2D eigenvalue weighted by Crippen LogP contribution is -2.44. The molecule has 0 saturated carbocycles. The SMILES string of the molecule is CCNC(=NCC(C)N1CCOCC1)NCCCC(=O)N1CCc2ccccc2C1.I. The minimum Gasteiger partial charge on any atom is -0.379 e. The van der Waals surface area contributed by atoms with E-state index in [0.717, 1.165) is 77.8 Å². The molecule has 1 unspecified atom stereocenters. The first-order valence-corrected chi connectivity index (χ1v) is 11.4. The lowest BCUT2D eigenvalue weighted by molar-refractivity contribution is -0.132. The van der Waals surface area contributed by atoms with Gasteiger partial charge >= 0.3 is 0 Å². The number of halogens is 1. The summed E-state index contributed by atoms with van der Waals surface area (Å²) < 4.78 is 5.43. The summed E-state index contributed by atoms with van der Waals surface area (Å²) in [6, 6.07) is 8.83. The van der Waals surface area contributed by atoms with Crippen LogP contribution in [-0.4, -0.2) is 80.2 Å². The first kappa shape index (κ1) is 25.9. The molecule has 2 heterocycles. The van der Waals surface area contributed by atoms with Gasteiger partial charge in [-0.15, -0.1) is 24.0 Å². The second kappa shape index (κ2) is 13.9. The third kappa shape index (κ3) is 8.23. The predicted molar refractivity (Wildman–Crippen MR) is 136 cm³/mol. The van der Waals surface area contributed by atoms with Crippen LogP contribution < -0.4 is 10.6 Å². The highest BCUT2D eigenvalue weighted by Gasteiger charge is 2.20. The van der Waals surface area contributed by atoms with Crippen molar-refractivity contribution in [3.8, 4) is 0 Å². The van der Waals surface area contributed by atoms with Crippen LogP contribution in [0.5, 0.6) is 0 Å². The number of carbonyl (C=O) groups is 1. The van der Waals surface area contributed by atoms with E-state index in [1.807, 2.05) is 4.90 Å². The summed E-state index contributed by atoms with van der Waals surface area (Å²) in [5, 5.41) is 6.68. The number of aliphatic imine (C=N–C) groups is 1. The van der Waals surface area contributed by atoms with Crippen LogP contribution in [0.1, 0.15) is 37.8 Å². The number of guanidine groups is 1. The molecule has 174 valence electrons. The third-order valence-electron chi connectivity index (χ3n) is 5.87. The first-order valence-electron chi connectivity index (χ1n) is 11.4. The molecule has 2 aliphatic rings. The first-order chi connectivity index (χ1) is 14.7. The fourth-order valence-corrected chi connectivity index (χ4v) is 4.01. The van der Waals surface area contributed by atoms with Gasteiger partial charge in [0.15, 0.2) is 5.96 Å². The van der Waals surface area contributed by atoms with Gasteiger partial charge in [-0.25, -0.2) is 0 Å². The molecule has 0 radical (unpaired) electrons. The number of hydrogen-bond donors (Lipinski definition) is 2. The normalized spacial score (nSPS) is 18.0. The van der Waals surface area contributed by atoms with Gasteiger partial charge in [0.25, 0.3) is 0 Å². The summed E-state index contributed by atoms with van der Waals surface area (Å²) in [6.07, 6.45) is 2.33. The predicted octanol–water partition coefficient (Wildman–Crippen LogP) is 2.25. The van der Waals surface area contributed by atoms with Gasteiger partial charge in [-0.1, -0.05) is 24.3 Å². The van der Waals surface area contributed by atoms with Crippen LogP contribution in [-0.2, 0) is 22.5 Å². The van der Waals surface area contributed by atoms with E-state index in [0.29, 0.717) is 12.5 Å². The zero-order chi connectivity index (χ0) is 21.2. The Morgan fingerprint density at radius 3 is 2.65 bits per heavy atom. The molecule has 1 fully saturated rings. The van der Waals surface area contributed by atoms with E-state index in [9.17, 15) is 4.79 Å². The lowest BCUT2D eigenvalue weighted by Gasteiger charge is -2.31. The summed E-state index contributed by atoms with van der Waals surface area (Å²) in [6.45, 7) is 11.7. The number of carbonyl (C=O) groups excluding carboxylic acids is 1. The van der Waals surface area contributed by atoms with E-state index in [1.165, 1.54) is 11.1 Å². The highest BCUT2D eigenvalue weighted by Crippen LogP contribution is 2.19. The zero-order valence-corrected chi connectivity index (χ0v) is 21.3. The fourth-order valence-electron chi connectivity index (χ4n) is 4.01. The average molecular weight is 543 g/mol. The van der Waals surface area contributed by atoms with Crippen LogP contribution in [0.4, 0.5) is 0 Å². The number of nitrogens with zero attached hydrogens (tertiary/aromatic N) is 3. The van der Waals surface area contributed by atoms with E-state index in [-0.39, 0.29) is 29.9 Å². The molecule has 0 aliphatic carbocycles. The molecular weight excluding hydrogens is 505 g/mol. The number of hydrogen-bond acceptors (Lipinski definition) is 4. The molecule has 8 heteroatoms. The summed E-state index contributed by atoms with van der Waals surface area (Å²) in [5.74, 6) is 1.08. The highest BCUT2D eigenvalue weighted by atomic mass is 127. The van der Waals surface area contributed by atoms with Crippen molar-refractivity contribution in [2.75, 3.05) is 52.5 Å². The van der Waals surface area contributed by atoms with Crippen LogP contribution in [0.25, 0.3) is 0 Å². The minimum absolute atomic E-state index is 0. The Bertz CT molecular complexity index is 709. The number of amides is 1. The Morgan fingerprint density at radius 2 is 1.90 bits per heavy atom. The number of nitrogens with one attached hydrogen (secondary N) is 2. The third-order valence-corrected chi connectivity index (χ3v) is 5.87. The van der Waals surface area contributed by atoms with E-state index in [2.05, 4.69) is 53.6 Å². The largest absolute Gasteiger partial charge is 0.379 e. The Labute approximate surface area is 204 Å². The second-order valence-electron chi connectivity index (χ2n) is 8.08. The van der Waals surface area contributed by atoms with Crippen LogP contribution in [0, 0.1) is 0 Å². The Balaban J connectivity index is 0.00000341. The monoisotopic (exact) mass is 543 g/mol. The van der Waals surface area contributed by atoms with E-state index >= 15 is 0 Å². The van der Waals surface area contributed by atoms with Crippen molar-refractivity contribution in [1.82, 2.24) is 20.4 Å². The summed E-state index contributed by atoms with van der Waals surface area (Å²) in [7, 11) is 0. The molecule has 2 aliphatic heterocycles. The van der Waals surface area contributed by atoms with Gasteiger partial charge in [-0.3, -0.25) is 14.7 Å². The smallest absolute Gasteiger partial charge is 0.222 e. The Morgan fingerprint density at radius 1 is 1.16 bits per heavy atom. The van der Waals surface area contributed by atoms with E-state index in [4.69, 9.17) is 9.73 Å². The molecular formula is C23H38IN5O2. The average Bonchev–Trinajstić information content (AvgIpc) is 2.80. The van der Waals surface area contributed by atoms with Crippen molar-refractivity contribution in [2.45, 2.75) is 45.7 Å². The number of ether oxygens (including phenoxy) is 1. The molecule has 31 heavy (non-hydrogen) atoms. The maximum absolute atomic E-state index is 12.6. The fraction of sp³-hybridized carbons (Fsp3) is 0.652. The lowest BCUT2D eigenvalue weighted by atomic mass is 9.99. The van der Waals surface area contributed by atoms with Crippen LogP contribution >= 0.6 is 24.0 Å². The topological polar surface area (TPSA) is 69.2 Å². The molecule has 0 bridgehead atoms. The minimum atomic E-state index is 0. The molecule has 1 aromatic carbocycles. The second-order valence-corrected chi connectivity index (χ2v) is 8.08. The van der Waals surface area contributed by atoms with Crippen molar-refractivity contribution in [1.29, 1.82) is 0 Å². The zero-order valence-electron chi connectivity index (χ0n) is 18.9. The van der Waals surface area contributed by atoms with Gasteiger partial charge in [-0.2, -0.15) is 0 Å². The number of morpholine rings is 1. The van der Waals surface area contributed by atoms with Gasteiger partial charge < -0.3 is 20.3 Å². The summed E-state index contributed by atoms with van der Waals surface area (Å²) >= 11 is 0. The summed E-state index contributed by atoms with van der Waals surface area (Å²) in [5.41, 5.74) is 2.66. The van der Waals surface area contributed by atoms with Crippen LogP contribution in [0.15, 0.2) is 29.3 Å². The maximum atomic E-state index is 12.6. The quantitative estimate of drug-likeness (QED) is 0.228. The van der Waals surface area contributed by atoms with Gasteiger partial charge in [0, 0.05) is 51.7 Å². The molecule has 7 nitrogen and oxygen atoms in total.